The minimum Gasteiger partial charge on any atom is -0.493 e. The van der Waals surface area contributed by atoms with E-state index >= 15 is 0 Å². The average molecular weight is 292 g/mol. The first kappa shape index (κ1) is 14.1. The lowest BCUT2D eigenvalue weighted by Gasteiger charge is -2.10. The summed E-state index contributed by atoms with van der Waals surface area (Å²) in [6.45, 7) is 1.67. The third kappa shape index (κ3) is 3.82. The molecule has 2 aromatic rings. The van der Waals surface area contributed by atoms with Gasteiger partial charge in [-0.05, 0) is 19.1 Å². The van der Waals surface area contributed by atoms with Gasteiger partial charge >= 0.3 is 0 Å². The number of anilines is 1. The highest BCUT2D eigenvalue weighted by atomic mass is 32.2. The minimum absolute atomic E-state index is 0.184. The van der Waals surface area contributed by atoms with Gasteiger partial charge in [-0.15, -0.1) is 0 Å². The van der Waals surface area contributed by atoms with Crippen molar-refractivity contribution in [1.82, 2.24) is 15.0 Å². The Kier molecular flexibility index (Phi) is 4.36. The summed E-state index contributed by atoms with van der Waals surface area (Å²) in [5, 5.41) is 11.6. The number of amides is 1. The van der Waals surface area contributed by atoms with Crippen LogP contribution in [-0.4, -0.2) is 31.2 Å². The molecule has 0 aromatic carbocycles. The van der Waals surface area contributed by atoms with Crippen LogP contribution in [0.2, 0.25) is 0 Å². The van der Waals surface area contributed by atoms with Crippen molar-refractivity contribution in [2.45, 2.75) is 17.3 Å². The number of hydrogen-bond donors (Lipinski definition) is 3. The van der Waals surface area contributed by atoms with Crippen molar-refractivity contribution >= 4 is 23.4 Å². The summed E-state index contributed by atoms with van der Waals surface area (Å²) in [6, 6.07) is 4.39. The lowest BCUT2D eigenvalue weighted by molar-refractivity contribution is -0.115. The lowest BCUT2D eigenvalue weighted by atomic mass is 10.4. The second-order valence-corrected chi connectivity index (χ2v) is 5.23. The Morgan fingerprint density at radius 2 is 2.35 bits per heavy atom. The summed E-state index contributed by atoms with van der Waals surface area (Å²) in [7, 11) is 0. The molecule has 0 aliphatic carbocycles. The molecule has 2 heterocycles. The molecule has 0 aliphatic heterocycles. The predicted octanol–water partition coefficient (Wildman–Crippen LogP) is 0.990. The standard InChI is InChI=1S/C12H12N4O3S/c1-7(11(19)14-8-3-2-4-13-6-8)20-12-15-9(17)5-10(18)16-12/h2-7H,1H3,(H,14,19)(H2,15,16,17,18). The van der Waals surface area contributed by atoms with E-state index in [-0.39, 0.29) is 16.9 Å². The number of thioether (sulfide) groups is 1. The topological polar surface area (TPSA) is 108 Å². The first-order valence-corrected chi connectivity index (χ1v) is 6.60. The molecule has 0 saturated carbocycles. The van der Waals surface area contributed by atoms with Gasteiger partial charge in [0, 0.05) is 6.20 Å². The number of rotatable bonds is 4. The van der Waals surface area contributed by atoms with E-state index in [4.69, 9.17) is 0 Å². The Hall–Kier alpha value is -2.35. The fourth-order valence-electron chi connectivity index (χ4n) is 1.38. The Bertz CT molecular complexity index is 659. The monoisotopic (exact) mass is 292 g/mol. The molecule has 3 N–H and O–H groups in total. The normalized spacial score (nSPS) is 11.8. The van der Waals surface area contributed by atoms with E-state index in [0.29, 0.717) is 5.69 Å². The average Bonchev–Trinajstić information content (AvgIpc) is 2.38. The molecule has 0 fully saturated rings. The van der Waals surface area contributed by atoms with E-state index in [1.165, 1.54) is 6.20 Å². The number of aromatic nitrogens is 3. The predicted molar refractivity (Wildman–Crippen MR) is 74.7 cm³/mol. The summed E-state index contributed by atoms with van der Waals surface area (Å²) in [5.41, 5.74) is 0.113. The van der Waals surface area contributed by atoms with Crippen molar-refractivity contribution in [2.75, 3.05) is 5.32 Å². The molecule has 2 rings (SSSR count). The number of H-pyrrole nitrogens is 1. The van der Waals surface area contributed by atoms with Gasteiger partial charge in [-0.1, -0.05) is 11.8 Å². The van der Waals surface area contributed by atoms with Crippen molar-refractivity contribution in [1.29, 1.82) is 0 Å². The summed E-state index contributed by atoms with van der Waals surface area (Å²) in [5.74, 6) is -0.634. The second-order valence-electron chi connectivity index (χ2n) is 3.90. The smallest absolute Gasteiger partial charge is 0.255 e. The molecule has 0 radical (unpaired) electrons. The molecular formula is C12H12N4O3S. The maximum absolute atomic E-state index is 11.9. The van der Waals surface area contributed by atoms with E-state index in [0.717, 1.165) is 17.8 Å². The SMILES string of the molecule is CC(Sc1nc(O)cc(=O)[nH]1)C(=O)Nc1cccnc1. The third-order valence-corrected chi connectivity index (χ3v) is 3.28. The molecule has 0 aliphatic rings. The molecule has 0 saturated heterocycles. The van der Waals surface area contributed by atoms with Crippen LogP contribution >= 0.6 is 11.8 Å². The Morgan fingerprint density at radius 3 is 3.00 bits per heavy atom. The first-order valence-electron chi connectivity index (χ1n) is 5.72. The van der Waals surface area contributed by atoms with Gasteiger partial charge in [0.2, 0.25) is 11.8 Å². The molecule has 20 heavy (non-hydrogen) atoms. The summed E-state index contributed by atoms with van der Waals surface area (Å²) in [4.78, 5) is 33.2. The number of carbonyl (C=O) groups excluding carboxylic acids is 1. The van der Waals surface area contributed by atoms with Crippen molar-refractivity contribution in [3.63, 3.8) is 0 Å². The van der Waals surface area contributed by atoms with Crippen LogP contribution in [0.25, 0.3) is 0 Å². The molecule has 8 heteroatoms. The number of aromatic hydroxyl groups is 1. The lowest BCUT2D eigenvalue weighted by Crippen LogP contribution is -2.23. The van der Waals surface area contributed by atoms with Crippen LogP contribution in [0.4, 0.5) is 5.69 Å². The highest BCUT2D eigenvalue weighted by molar-refractivity contribution is 8.00. The van der Waals surface area contributed by atoms with E-state index in [1.54, 1.807) is 25.3 Å². The number of nitrogens with one attached hydrogen (secondary N) is 2. The fraction of sp³-hybridized carbons (Fsp3) is 0.167. The minimum atomic E-state index is -0.500. The van der Waals surface area contributed by atoms with Crippen LogP contribution in [0.3, 0.4) is 0 Å². The Balaban J connectivity index is 2.02. The van der Waals surface area contributed by atoms with Gasteiger partial charge in [0.25, 0.3) is 5.56 Å². The van der Waals surface area contributed by atoms with Gasteiger partial charge in [-0.2, -0.15) is 4.98 Å². The Morgan fingerprint density at radius 1 is 1.55 bits per heavy atom. The van der Waals surface area contributed by atoms with Crippen molar-refractivity contribution in [3.05, 3.63) is 40.9 Å². The summed E-state index contributed by atoms with van der Waals surface area (Å²) >= 11 is 1.04. The largest absolute Gasteiger partial charge is 0.493 e. The Labute approximate surface area is 118 Å². The van der Waals surface area contributed by atoms with Crippen LogP contribution in [0.5, 0.6) is 5.88 Å². The van der Waals surface area contributed by atoms with Gasteiger partial charge in [0.15, 0.2) is 5.16 Å². The summed E-state index contributed by atoms with van der Waals surface area (Å²) < 4.78 is 0. The maximum Gasteiger partial charge on any atom is 0.255 e. The van der Waals surface area contributed by atoms with Crippen molar-refractivity contribution < 1.29 is 9.90 Å². The number of hydrogen-bond acceptors (Lipinski definition) is 6. The first-order chi connectivity index (χ1) is 9.54. The highest BCUT2D eigenvalue weighted by Gasteiger charge is 2.16. The van der Waals surface area contributed by atoms with E-state index in [9.17, 15) is 14.7 Å². The van der Waals surface area contributed by atoms with Crippen LogP contribution < -0.4 is 10.9 Å². The van der Waals surface area contributed by atoms with Gasteiger partial charge in [-0.25, -0.2) is 0 Å². The number of pyridine rings is 1. The number of carbonyl (C=O) groups is 1. The molecule has 1 atom stereocenters. The van der Waals surface area contributed by atoms with Gasteiger partial charge in [-0.3, -0.25) is 14.6 Å². The third-order valence-electron chi connectivity index (χ3n) is 2.29. The molecule has 1 amide bonds. The number of nitrogens with zero attached hydrogens (tertiary/aromatic N) is 2. The molecule has 0 spiro atoms. The van der Waals surface area contributed by atoms with E-state index in [2.05, 4.69) is 20.3 Å². The van der Waals surface area contributed by atoms with Gasteiger partial charge in [0.05, 0.1) is 23.2 Å². The molecule has 1 unspecified atom stereocenters. The quantitative estimate of drug-likeness (QED) is 0.573. The van der Waals surface area contributed by atoms with E-state index < -0.39 is 10.8 Å². The molecule has 2 aromatic heterocycles. The van der Waals surface area contributed by atoms with E-state index in [1.807, 2.05) is 0 Å². The van der Waals surface area contributed by atoms with Crippen LogP contribution in [0.15, 0.2) is 40.5 Å². The van der Waals surface area contributed by atoms with Crippen LogP contribution in [0.1, 0.15) is 6.92 Å². The zero-order valence-corrected chi connectivity index (χ0v) is 11.3. The molecular weight excluding hydrogens is 280 g/mol. The van der Waals surface area contributed by atoms with Crippen LogP contribution in [-0.2, 0) is 4.79 Å². The fourth-order valence-corrected chi connectivity index (χ4v) is 2.19. The van der Waals surface area contributed by atoms with Crippen molar-refractivity contribution in [2.24, 2.45) is 0 Å². The molecule has 7 nitrogen and oxygen atoms in total. The molecule has 0 bridgehead atoms. The van der Waals surface area contributed by atoms with Crippen molar-refractivity contribution in [3.8, 4) is 5.88 Å². The maximum atomic E-state index is 11.9. The van der Waals surface area contributed by atoms with Crippen LogP contribution in [0, 0.1) is 0 Å². The van der Waals surface area contributed by atoms with Gasteiger partial charge in [0.1, 0.15) is 0 Å². The summed E-state index contributed by atoms with van der Waals surface area (Å²) in [6.07, 6.45) is 3.14. The second kappa shape index (κ2) is 6.20. The number of aromatic amines is 1. The zero-order chi connectivity index (χ0) is 14.5. The zero-order valence-electron chi connectivity index (χ0n) is 10.5. The highest BCUT2D eigenvalue weighted by Crippen LogP contribution is 2.20. The van der Waals surface area contributed by atoms with Gasteiger partial charge < -0.3 is 15.4 Å². The molecule has 104 valence electrons.